The molecule has 2 aromatic rings. The number of anilines is 1. The molecule has 1 amide bonds. The van der Waals surface area contributed by atoms with E-state index in [4.69, 9.17) is 15.2 Å². The smallest absolute Gasteiger partial charge is 0.255 e. The number of nitrogens with two attached hydrogens (primary N) is 1. The van der Waals surface area contributed by atoms with Crippen LogP contribution in [-0.4, -0.2) is 30.3 Å². The minimum absolute atomic E-state index is 0.277. The molecule has 0 spiro atoms. The summed E-state index contributed by atoms with van der Waals surface area (Å²) in [6.45, 7) is 0.279. The maximum Gasteiger partial charge on any atom is 0.255 e. The second-order valence-corrected chi connectivity index (χ2v) is 4.03. The highest BCUT2D eigenvalue weighted by Gasteiger charge is 2.16. The highest BCUT2D eigenvalue weighted by Crippen LogP contribution is 2.30. The molecule has 1 heterocycles. The number of hydrogen-bond donors (Lipinski definition) is 3. The quantitative estimate of drug-likeness (QED) is 0.754. The van der Waals surface area contributed by atoms with E-state index in [0.717, 1.165) is 5.56 Å². The number of amides is 1. The van der Waals surface area contributed by atoms with Crippen molar-refractivity contribution in [3.63, 3.8) is 0 Å². The number of nitrogens with zero attached hydrogens (tertiary/aromatic N) is 1. The lowest BCUT2D eigenvalue weighted by molar-refractivity contribution is 0.0947. The Morgan fingerprint density at radius 2 is 2.20 bits per heavy atom. The summed E-state index contributed by atoms with van der Waals surface area (Å²) in [5.41, 5.74) is 6.77. The summed E-state index contributed by atoms with van der Waals surface area (Å²) in [5.74, 6) is 1.06. The Bertz CT molecular complexity index is 609. The fourth-order valence-corrected chi connectivity index (χ4v) is 1.80. The largest absolute Gasteiger partial charge is 0.493 e. The fraction of sp³-hybridized carbons (Fsp3) is 0.231. The number of rotatable bonds is 5. The standard InChI is InChI=1S/C13H16N4O3/c1-19-10-5-3-4-9(11(10)20-2)13(18)15-6-8-7-16-17-12(8)14/h3-5,7H,6H2,1-2H3,(H,15,18)(H3,14,16,17). The van der Waals surface area contributed by atoms with Crippen LogP contribution >= 0.6 is 0 Å². The predicted octanol–water partition coefficient (Wildman–Crippen LogP) is 0.939. The molecule has 0 aliphatic rings. The van der Waals surface area contributed by atoms with Gasteiger partial charge in [0.05, 0.1) is 26.0 Å². The van der Waals surface area contributed by atoms with E-state index in [1.165, 1.54) is 14.2 Å². The number of methoxy groups -OCH3 is 2. The molecule has 0 atom stereocenters. The van der Waals surface area contributed by atoms with E-state index in [0.29, 0.717) is 22.9 Å². The van der Waals surface area contributed by atoms with E-state index in [1.54, 1.807) is 24.4 Å². The summed E-state index contributed by atoms with van der Waals surface area (Å²) in [6.07, 6.45) is 1.57. The van der Waals surface area contributed by atoms with Crippen molar-refractivity contribution < 1.29 is 14.3 Å². The number of carbonyl (C=O) groups is 1. The van der Waals surface area contributed by atoms with Crippen molar-refractivity contribution in [3.8, 4) is 11.5 Å². The van der Waals surface area contributed by atoms with Crippen molar-refractivity contribution in [2.75, 3.05) is 20.0 Å². The molecule has 0 aliphatic heterocycles. The molecule has 106 valence electrons. The number of para-hydroxylation sites is 1. The third-order valence-corrected chi connectivity index (χ3v) is 2.84. The Morgan fingerprint density at radius 1 is 1.40 bits per heavy atom. The van der Waals surface area contributed by atoms with Crippen LogP contribution in [0.4, 0.5) is 5.82 Å². The van der Waals surface area contributed by atoms with Crippen LogP contribution in [0.5, 0.6) is 11.5 Å². The SMILES string of the molecule is COc1cccc(C(=O)NCc2cn[nH]c2N)c1OC. The summed E-state index contributed by atoms with van der Waals surface area (Å²) in [6, 6.07) is 5.11. The highest BCUT2D eigenvalue weighted by molar-refractivity contribution is 5.97. The van der Waals surface area contributed by atoms with Gasteiger partial charge in [-0.3, -0.25) is 9.89 Å². The molecule has 0 unspecified atom stereocenters. The zero-order chi connectivity index (χ0) is 14.5. The molecule has 1 aromatic carbocycles. The van der Waals surface area contributed by atoms with Gasteiger partial charge in [0.15, 0.2) is 11.5 Å². The Balaban J connectivity index is 2.15. The Labute approximate surface area is 116 Å². The number of ether oxygens (including phenoxy) is 2. The average molecular weight is 276 g/mol. The molecule has 0 aliphatic carbocycles. The second-order valence-electron chi connectivity index (χ2n) is 4.03. The van der Waals surface area contributed by atoms with Crippen molar-refractivity contribution in [1.29, 1.82) is 0 Å². The van der Waals surface area contributed by atoms with Crippen LogP contribution in [-0.2, 0) is 6.54 Å². The second kappa shape index (κ2) is 5.96. The third kappa shape index (κ3) is 2.66. The minimum atomic E-state index is -0.277. The number of hydrogen-bond acceptors (Lipinski definition) is 5. The molecule has 7 heteroatoms. The van der Waals surface area contributed by atoms with Crippen molar-refractivity contribution in [2.45, 2.75) is 6.54 Å². The summed E-state index contributed by atoms with van der Waals surface area (Å²) in [7, 11) is 3.01. The number of nitrogen functional groups attached to an aromatic ring is 1. The summed E-state index contributed by atoms with van der Waals surface area (Å²) in [4.78, 5) is 12.2. The first-order valence-electron chi connectivity index (χ1n) is 5.94. The Kier molecular flexibility index (Phi) is 4.09. The molecule has 7 nitrogen and oxygen atoms in total. The number of carbonyl (C=O) groups excluding carboxylic acids is 1. The summed E-state index contributed by atoms with van der Waals surface area (Å²) in [5, 5.41) is 9.15. The number of H-pyrrole nitrogens is 1. The lowest BCUT2D eigenvalue weighted by Gasteiger charge is -2.12. The van der Waals surface area contributed by atoms with Crippen LogP contribution in [0.2, 0.25) is 0 Å². The molecule has 0 saturated carbocycles. The molecule has 2 rings (SSSR count). The van der Waals surface area contributed by atoms with Crippen LogP contribution < -0.4 is 20.5 Å². The zero-order valence-corrected chi connectivity index (χ0v) is 11.3. The van der Waals surface area contributed by atoms with Crippen LogP contribution in [0.3, 0.4) is 0 Å². The van der Waals surface area contributed by atoms with Crippen molar-refractivity contribution in [1.82, 2.24) is 15.5 Å². The minimum Gasteiger partial charge on any atom is -0.493 e. The molecule has 0 radical (unpaired) electrons. The van der Waals surface area contributed by atoms with Gasteiger partial charge in [0.1, 0.15) is 5.82 Å². The average Bonchev–Trinajstić information content (AvgIpc) is 2.89. The fourth-order valence-electron chi connectivity index (χ4n) is 1.80. The number of benzene rings is 1. The van der Waals surface area contributed by atoms with Crippen LogP contribution in [0.1, 0.15) is 15.9 Å². The van der Waals surface area contributed by atoms with Crippen LogP contribution in [0.15, 0.2) is 24.4 Å². The maximum atomic E-state index is 12.2. The van der Waals surface area contributed by atoms with E-state index in [2.05, 4.69) is 15.5 Å². The van der Waals surface area contributed by atoms with Gasteiger partial charge in [-0.1, -0.05) is 6.07 Å². The number of nitrogens with one attached hydrogen (secondary N) is 2. The van der Waals surface area contributed by atoms with Crippen molar-refractivity contribution in [2.24, 2.45) is 0 Å². The number of aromatic amines is 1. The lowest BCUT2D eigenvalue weighted by atomic mass is 10.1. The van der Waals surface area contributed by atoms with Crippen LogP contribution in [0.25, 0.3) is 0 Å². The molecule has 1 aromatic heterocycles. The molecular formula is C13H16N4O3. The van der Waals surface area contributed by atoms with E-state index in [9.17, 15) is 4.79 Å². The van der Waals surface area contributed by atoms with E-state index < -0.39 is 0 Å². The Morgan fingerprint density at radius 3 is 2.80 bits per heavy atom. The van der Waals surface area contributed by atoms with Gasteiger partial charge < -0.3 is 20.5 Å². The van der Waals surface area contributed by atoms with Gasteiger partial charge in [0.2, 0.25) is 0 Å². The lowest BCUT2D eigenvalue weighted by Crippen LogP contribution is -2.23. The first kappa shape index (κ1) is 13.7. The molecular weight excluding hydrogens is 260 g/mol. The first-order valence-corrected chi connectivity index (χ1v) is 5.94. The van der Waals surface area contributed by atoms with Crippen molar-refractivity contribution >= 4 is 11.7 Å². The van der Waals surface area contributed by atoms with Gasteiger partial charge in [0.25, 0.3) is 5.91 Å². The normalized spacial score (nSPS) is 10.1. The zero-order valence-electron chi connectivity index (χ0n) is 11.3. The molecule has 20 heavy (non-hydrogen) atoms. The van der Waals surface area contributed by atoms with E-state index in [1.807, 2.05) is 0 Å². The topological polar surface area (TPSA) is 102 Å². The van der Waals surface area contributed by atoms with Gasteiger partial charge in [-0.25, -0.2) is 0 Å². The van der Waals surface area contributed by atoms with Gasteiger partial charge >= 0.3 is 0 Å². The van der Waals surface area contributed by atoms with Gasteiger partial charge in [-0.05, 0) is 12.1 Å². The first-order chi connectivity index (χ1) is 9.67. The van der Waals surface area contributed by atoms with Crippen LogP contribution in [0, 0.1) is 0 Å². The van der Waals surface area contributed by atoms with E-state index >= 15 is 0 Å². The van der Waals surface area contributed by atoms with Gasteiger partial charge in [0, 0.05) is 12.1 Å². The summed E-state index contributed by atoms with van der Waals surface area (Å²) >= 11 is 0. The molecule has 0 fully saturated rings. The van der Waals surface area contributed by atoms with Gasteiger partial charge in [-0.2, -0.15) is 5.10 Å². The molecule has 0 saturated heterocycles. The third-order valence-electron chi connectivity index (χ3n) is 2.84. The highest BCUT2D eigenvalue weighted by atomic mass is 16.5. The van der Waals surface area contributed by atoms with E-state index in [-0.39, 0.29) is 12.5 Å². The monoisotopic (exact) mass is 276 g/mol. The predicted molar refractivity (Wildman–Crippen MR) is 73.7 cm³/mol. The summed E-state index contributed by atoms with van der Waals surface area (Å²) < 4.78 is 10.4. The van der Waals surface area contributed by atoms with Crippen molar-refractivity contribution in [3.05, 3.63) is 35.5 Å². The van der Waals surface area contributed by atoms with Gasteiger partial charge in [-0.15, -0.1) is 0 Å². The maximum absolute atomic E-state index is 12.2. The number of aromatic nitrogens is 2. The molecule has 4 N–H and O–H groups in total. The Hall–Kier alpha value is -2.70. The molecule has 0 bridgehead atoms.